The third-order valence-electron chi connectivity index (χ3n) is 3.18. The Labute approximate surface area is 144 Å². The molecule has 0 saturated carbocycles. The molecule has 0 unspecified atom stereocenters. The Kier molecular flexibility index (Phi) is 4.78. The monoisotopic (exact) mass is 391 g/mol. The van der Waals surface area contributed by atoms with E-state index >= 15 is 0 Å². The number of nitrogens with one attached hydrogen (secondary N) is 1. The normalized spacial score (nSPS) is 10.5. The molecule has 0 aliphatic carbocycles. The van der Waals surface area contributed by atoms with Gasteiger partial charge in [-0.25, -0.2) is 4.39 Å². The van der Waals surface area contributed by atoms with Gasteiger partial charge in [0, 0.05) is 16.6 Å². The smallest absolute Gasteiger partial charge is 0.228 e. The molecule has 23 heavy (non-hydrogen) atoms. The molecule has 1 heterocycles. The van der Waals surface area contributed by atoms with Gasteiger partial charge in [0.05, 0.1) is 10.9 Å². The van der Waals surface area contributed by atoms with Crippen molar-refractivity contribution in [2.45, 2.75) is 6.42 Å². The fourth-order valence-electron chi connectivity index (χ4n) is 2.11. The predicted molar refractivity (Wildman–Crippen MR) is 91.8 cm³/mol. The van der Waals surface area contributed by atoms with Crippen molar-refractivity contribution in [2.75, 3.05) is 5.32 Å². The number of hydrogen-bond donors (Lipinski definition) is 1. The summed E-state index contributed by atoms with van der Waals surface area (Å²) in [7, 11) is 0. The molecule has 4 nitrogen and oxygen atoms in total. The summed E-state index contributed by atoms with van der Waals surface area (Å²) in [4.78, 5) is 12.1. The van der Waals surface area contributed by atoms with Gasteiger partial charge in [0.25, 0.3) is 0 Å². The van der Waals surface area contributed by atoms with Crippen LogP contribution in [0.15, 0.2) is 52.3 Å². The highest BCUT2D eigenvalue weighted by Gasteiger charge is 2.11. The van der Waals surface area contributed by atoms with Gasteiger partial charge < -0.3 is 5.32 Å². The van der Waals surface area contributed by atoms with Crippen LogP contribution in [0, 0.1) is 5.82 Å². The second-order valence-electron chi connectivity index (χ2n) is 4.81. The first-order chi connectivity index (χ1) is 11.1. The van der Waals surface area contributed by atoms with Crippen LogP contribution in [0.2, 0.25) is 0 Å². The van der Waals surface area contributed by atoms with E-state index in [1.54, 1.807) is 24.3 Å². The third kappa shape index (κ3) is 3.80. The minimum Gasteiger partial charge on any atom is -0.326 e. The summed E-state index contributed by atoms with van der Waals surface area (Å²) in [6.07, 6.45) is -0.0340. The van der Waals surface area contributed by atoms with Gasteiger partial charge in [-0.15, -0.1) is 5.10 Å². The molecule has 0 aliphatic rings. The van der Waals surface area contributed by atoms with Crippen LogP contribution in [0.25, 0.3) is 11.3 Å². The Hall–Kier alpha value is -2.12. The molecule has 3 aromatic rings. The fourth-order valence-corrected chi connectivity index (χ4v) is 2.98. The number of nitrogens with zero attached hydrogens (tertiary/aromatic N) is 2. The van der Waals surface area contributed by atoms with E-state index in [0.717, 1.165) is 11.3 Å². The highest BCUT2D eigenvalue weighted by Crippen LogP contribution is 2.22. The maximum Gasteiger partial charge on any atom is 0.228 e. The van der Waals surface area contributed by atoms with Gasteiger partial charge in [-0.3, -0.25) is 4.79 Å². The first-order valence-corrected chi connectivity index (χ1v) is 8.36. The van der Waals surface area contributed by atoms with E-state index in [0.29, 0.717) is 15.7 Å². The topological polar surface area (TPSA) is 54.9 Å². The number of halogens is 2. The molecule has 1 aromatic heterocycles. The van der Waals surface area contributed by atoms with Gasteiger partial charge in [0.1, 0.15) is 11.5 Å². The first kappa shape index (κ1) is 15.8. The molecule has 0 spiro atoms. The van der Waals surface area contributed by atoms with Gasteiger partial charge in [-0.05, 0) is 51.2 Å². The molecule has 0 bridgehead atoms. The van der Waals surface area contributed by atoms with Gasteiger partial charge >= 0.3 is 0 Å². The summed E-state index contributed by atoms with van der Waals surface area (Å²) in [5.41, 5.74) is 2.60. The van der Waals surface area contributed by atoms with E-state index in [9.17, 15) is 9.18 Å². The predicted octanol–water partition coefficient (Wildman–Crippen LogP) is 4.29. The summed E-state index contributed by atoms with van der Waals surface area (Å²) in [6.45, 7) is 0. The number of amides is 1. The highest BCUT2D eigenvalue weighted by molar-refractivity contribution is 9.10. The van der Waals surface area contributed by atoms with Crippen LogP contribution in [-0.4, -0.2) is 15.5 Å². The van der Waals surface area contributed by atoms with Crippen molar-refractivity contribution in [3.05, 3.63) is 63.7 Å². The number of carbonyl (C=O) groups excluding carboxylic acids is 1. The molecule has 1 N–H and O–H groups in total. The van der Waals surface area contributed by atoms with E-state index in [1.807, 2.05) is 23.6 Å². The Bertz CT molecular complexity index is 839. The molecule has 1 amide bonds. The number of anilines is 1. The zero-order valence-electron chi connectivity index (χ0n) is 11.8. The van der Waals surface area contributed by atoms with Crippen LogP contribution in [0.4, 0.5) is 10.1 Å². The zero-order valence-corrected chi connectivity index (χ0v) is 14.2. The van der Waals surface area contributed by atoms with Crippen LogP contribution < -0.4 is 5.32 Å². The van der Waals surface area contributed by atoms with Crippen molar-refractivity contribution in [2.24, 2.45) is 0 Å². The van der Waals surface area contributed by atoms with E-state index < -0.39 is 5.82 Å². The number of hydrogen-bond acceptors (Lipinski definition) is 4. The van der Waals surface area contributed by atoms with Crippen LogP contribution in [0.3, 0.4) is 0 Å². The standard InChI is InChI=1S/C16H11BrFN3OS/c17-13-6-2-4-11(16(13)18)8-15(22)19-12-5-1-3-10(7-12)14-9-23-21-20-14/h1-7,9H,8H2,(H,19,22). The Morgan fingerprint density at radius 3 is 2.87 bits per heavy atom. The SMILES string of the molecule is O=C(Cc1cccc(Br)c1F)Nc1cccc(-c2csnn2)c1. The molecule has 0 saturated heterocycles. The Balaban J connectivity index is 1.73. The molecule has 0 radical (unpaired) electrons. The fraction of sp³-hybridized carbons (Fsp3) is 0.0625. The third-order valence-corrected chi connectivity index (χ3v) is 4.30. The van der Waals surface area contributed by atoms with Crippen LogP contribution in [0.1, 0.15) is 5.56 Å². The summed E-state index contributed by atoms with van der Waals surface area (Å²) in [5.74, 6) is -0.694. The second-order valence-corrected chi connectivity index (χ2v) is 6.27. The Morgan fingerprint density at radius 2 is 2.09 bits per heavy atom. The zero-order chi connectivity index (χ0) is 16.2. The van der Waals surface area contributed by atoms with Crippen molar-refractivity contribution in [3.8, 4) is 11.3 Å². The molecule has 0 fully saturated rings. The Morgan fingerprint density at radius 1 is 1.26 bits per heavy atom. The summed E-state index contributed by atoms with van der Waals surface area (Å²) in [6, 6.07) is 12.2. The van der Waals surface area contributed by atoms with Gasteiger partial charge in [-0.1, -0.05) is 28.8 Å². The van der Waals surface area contributed by atoms with Crippen LogP contribution >= 0.6 is 27.5 Å². The van der Waals surface area contributed by atoms with Crippen molar-refractivity contribution in [1.29, 1.82) is 0 Å². The maximum atomic E-state index is 13.9. The molecular weight excluding hydrogens is 381 g/mol. The van der Waals surface area contributed by atoms with E-state index in [2.05, 4.69) is 30.8 Å². The summed E-state index contributed by atoms with van der Waals surface area (Å²) < 4.78 is 18.1. The summed E-state index contributed by atoms with van der Waals surface area (Å²) >= 11 is 4.38. The van der Waals surface area contributed by atoms with Gasteiger partial charge in [0.15, 0.2) is 0 Å². The number of carbonyl (C=O) groups is 1. The van der Waals surface area contributed by atoms with Crippen molar-refractivity contribution in [1.82, 2.24) is 9.59 Å². The van der Waals surface area contributed by atoms with Crippen molar-refractivity contribution in [3.63, 3.8) is 0 Å². The van der Waals surface area contributed by atoms with Crippen LogP contribution in [-0.2, 0) is 11.2 Å². The molecular formula is C16H11BrFN3OS. The second kappa shape index (κ2) is 6.97. The molecule has 3 rings (SSSR count). The molecule has 116 valence electrons. The number of rotatable bonds is 4. The maximum absolute atomic E-state index is 13.9. The van der Waals surface area contributed by atoms with Gasteiger partial charge in [0.2, 0.25) is 5.91 Å². The van der Waals surface area contributed by atoms with Crippen molar-refractivity contribution < 1.29 is 9.18 Å². The van der Waals surface area contributed by atoms with E-state index in [-0.39, 0.29) is 12.3 Å². The lowest BCUT2D eigenvalue weighted by Gasteiger charge is -2.08. The quantitative estimate of drug-likeness (QED) is 0.721. The first-order valence-electron chi connectivity index (χ1n) is 6.74. The molecule has 0 atom stereocenters. The summed E-state index contributed by atoms with van der Waals surface area (Å²) in [5, 5.41) is 8.60. The lowest BCUT2D eigenvalue weighted by molar-refractivity contribution is -0.115. The minimum atomic E-state index is -0.412. The van der Waals surface area contributed by atoms with Crippen LogP contribution in [0.5, 0.6) is 0 Å². The lowest BCUT2D eigenvalue weighted by atomic mass is 10.1. The van der Waals surface area contributed by atoms with E-state index in [4.69, 9.17) is 0 Å². The molecule has 2 aromatic carbocycles. The average Bonchev–Trinajstić information content (AvgIpc) is 3.06. The van der Waals surface area contributed by atoms with Crippen molar-refractivity contribution >= 4 is 39.1 Å². The highest BCUT2D eigenvalue weighted by atomic mass is 79.9. The number of aromatic nitrogens is 2. The average molecular weight is 392 g/mol. The largest absolute Gasteiger partial charge is 0.326 e. The molecule has 7 heteroatoms. The minimum absolute atomic E-state index is 0.0340. The number of benzene rings is 2. The lowest BCUT2D eigenvalue weighted by Crippen LogP contribution is -2.15. The molecule has 0 aliphatic heterocycles. The van der Waals surface area contributed by atoms with Gasteiger partial charge in [-0.2, -0.15) is 0 Å². The van der Waals surface area contributed by atoms with E-state index in [1.165, 1.54) is 11.5 Å².